The minimum atomic E-state index is -3.86. The van der Waals surface area contributed by atoms with E-state index < -0.39 is 20.9 Å². The Morgan fingerprint density at radius 3 is 2.26 bits per heavy atom. The van der Waals surface area contributed by atoms with Gasteiger partial charge in [-0.25, -0.2) is 8.42 Å². The van der Waals surface area contributed by atoms with Crippen LogP contribution in [-0.2, 0) is 10.0 Å². The van der Waals surface area contributed by atoms with Gasteiger partial charge in [-0.1, -0.05) is 0 Å². The van der Waals surface area contributed by atoms with Gasteiger partial charge in [-0.2, -0.15) is 0 Å². The average molecular weight is 487 g/mol. The van der Waals surface area contributed by atoms with E-state index in [9.17, 15) is 23.3 Å². The highest BCUT2D eigenvalue weighted by Crippen LogP contribution is 2.26. The molecule has 0 bridgehead atoms. The lowest BCUT2D eigenvalue weighted by atomic mass is 10.1. The highest BCUT2D eigenvalue weighted by molar-refractivity contribution is 7.92. The largest absolute Gasteiger partial charge is 0.497 e. The van der Waals surface area contributed by atoms with E-state index in [1.54, 1.807) is 24.3 Å². The van der Waals surface area contributed by atoms with Gasteiger partial charge in [0, 0.05) is 29.5 Å². The third kappa shape index (κ3) is 5.99. The average Bonchev–Trinajstić information content (AvgIpc) is 2.83. The Balaban J connectivity index is 1.71. The molecule has 0 spiro atoms. The molecule has 34 heavy (non-hydrogen) atoms. The SMILES string of the molecule is COc1ccc(NS(=O)(=O)c2ccc(NC(=O)c3ccc(NCCO)c([N+](=O)[O-])c3)cc2)cc1. The zero-order valence-electron chi connectivity index (χ0n) is 18.0. The van der Waals surface area contributed by atoms with Crippen molar-refractivity contribution < 1.29 is 28.0 Å². The van der Waals surface area contributed by atoms with Gasteiger partial charge in [0.25, 0.3) is 21.6 Å². The van der Waals surface area contributed by atoms with Gasteiger partial charge in [-0.15, -0.1) is 0 Å². The summed E-state index contributed by atoms with van der Waals surface area (Å²) in [6, 6.07) is 15.7. The Hall–Kier alpha value is -4.16. The van der Waals surface area contributed by atoms with Gasteiger partial charge in [0.15, 0.2) is 0 Å². The molecule has 4 N–H and O–H groups in total. The molecule has 0 aliphatic heterocycles. The van der Waals surface area contributed by atoms with Crippen molar-refractivity contribution in [1.29, 1.82) is 0 Å². The normalized spacial score (nSPS) is 10.9. The second-order valence-corrected chi connectivity index (χ2v) is 8.63. The number of carbonyl (C=O) groups excluding carboxylic acids is 1. The topological polar surface area (TPSA) is 160 Å². The molecular formula is C22H22N4O7S. The Kier molecular flexibility index (Phi) is 7.66. The number of hydrogen-bond donors (Lipinski definition) is 4. The van der Waals surface area contributed by atoms with Gasteiger partial charge in [-0.05, 0) is 60.7 Å². The standard InChI is InChI=1S/C22H22N4O7S/c1-33-18-7-3-17(4-8-18)25-34(31,32)19-9-5-16(6-10-19)24-22(28)15-2-11-20(23-12-13-27)21(14-15)26(29)30/h2-11,14,23,25,27H,12-13H2,1H3,(H,24,28). The Labute approximate surface area is 195 Å². The molecule has 0 unspecified atom stereocenters. The van der Waals surface area contributed by atoms with E-state index in [0.29, 0.717) is 17.1 Å². The zero-order valence-corrected chi connectivity index (χ0v) is 18.8. The maximum Gasteiger partial charge on any atom is 0.293 e. The highest BCUT2D eigenvalue weighted by atomic mass is 32.2. The molecule has 12 heteroatoms. The molecule has 11 nitrogen and oxygen atoms in total. The van der Waals surface area contributed by atoms with Crippen LogP contribution in [0.3, 0.4) is 0 Å². The molecule has 0 saturated carbocycles. The first kappa shape index (κ1) is 24.5. The lowest BCUT2D eigenvalue weighted by Crippen LogP contribution is -2.15. The van der Waals surface area contributed by atoms with E-state index in [-0.39, 0.29) is 35.0 Å². The first-order valence-electron chi connectivity index (χ1n) is 9.95. The molecule has 3 aromatic carbocycles. The molecule has 3 aromatic rings. The van der Waals surface area contributed by atoms with Crippen molar-refractivity contribution in [3.63, 3.8) is 0 Å². The van der Waals surface area contributed by atoms with E-state index in [1.165, 1.54) is 43.5 Å². The maximum absolute atomic E-state index is 12.6. The van der Waals surface area contributed by atoms with Crippen LogP contribution in [0.2, 0.25) is 0 Å². The van der Waals surface area contributed by atoms with Crippen molar-refractivity contribution in [3.05, 3.63) is 82.4 Å². The second-order valence-electron chi connectivity index (χ2n) is 6.95. The van der Waals surface area contributed by atoms with Crippen molar-refractivity contribution in [1.82, 2.24) is 0 Å². The van der Waals surface area contributed by atoms with Gasteiger partial charge < -0.3 is 20.5 Å². The van der Waals surface area contributed by atoms with Crippen molar-refractivity contribution in [2.75, 3.05) is 35.6 Å². The molecule has 0 aliphatic rings. The number of ether oxygens (including phenoxy) is 1. The summed E-state index contributed by atoms with van der Waals surface area (Å²) in [5.41, 5.74) is 0.566. The quantitative estimate of drug-likeness (QED) is 0.251. The fourth-order valence-corrected chi connectivity index (χ4v) is 4.02. The fourth-order valence-electron chi connectivity index (χ4n) is 2.96. The Bertz CT molecular complexity index is 1280. The van der Waals surface area contributed by atoms with E-state index in [4.69, 9.17) is 9.84 Å². The Morgan fingerprint density at radius 2 is 1.68 bits per heavy atom. The third-order valence-corrected chi connectivity index (χ3v) is 6.05. The van der Waals surface area contributed by atoms with Gasteiger partial charge in [0.1, 0.15) is 11.4 Å². The molecule has 1 amide bonds. The van der Waals surface area contributed by atoms with Crippen LogP contribution in [0.4, 0.5) is 22.7 Å². The van der Waals surface area contributed by atoms with Crippen LogP contribution in [-0.4, -0.2) is 44.6 Å². The number of amides is 1. The molecule has 0 aliphatic carbocycles. The summed E-state index contributed by atoms with van der Waals surface area (Å²) in [5.74, 6) is -0.0202. The maximum atomic E-state index is 12.6. The number of benzene rings is 3. The first-order valence-corrected chi connectivity index (χ1v) is 11.4. The van der Waals surface area contributed by atoms with Crippen LogP contribution < -0.4 is 20.1 Å². The molecule has 0 aromatic heterocycles. The summed E-state index contributed by atoms with van der Waals surface area (Å²) in [5, 5.41) is 25.5. The van der Waals surface area contributed by atoms with Crippen molar-refractivity contribution in [2.24, 2.45) is 0 Å². The van der Waals surface area contributed by atoms with Crippen LogP contribution in [0.1, 0.15) is 10.4 Å². The van der Waals surface area contributed by atoms with Crippen molar-refractivity contribution in [2.45, 2.75) is 4.90 Å². The predicted octanol–water partition coefficient (Wildman–Crippen LogP) is 3.06. The van der Waals surface area contributed by atoms with E-state index in [0.717, 1.165) is 6.07 Å². The van der Waals surface area contributed by atoms with Crippen LogP contribution >= 0.6 is 0 Å². The summed E-state index contributed by atoms with van der Waals surface area (Å²) < 4.78 is 32.7. The number of nitrogens with one attached hydrogen (secondary N) is 3. The fraction of sp³-hybridized carbons (Fsp3) is 0.136. The first-order chi connectivity index (χ1) is 16.2. The molecule has 0 heterocycles. The summed E-state index contributed by atoms with van der Waals surface area (Å²) in [7, 11) is -2.35. The van der Waals surface area contributed by atoms with Crippen LogP contribution in [0, 0.1) is 10.1 Å². The summed E-state index contributed by atoms with van der Waals surface area (Å²) in [4.78, 5) is 23.2. The van der Waals surface area contributed by atoms with Gasteiger partial charge >= 0.3 is 0 Å². The number of carbonyl (C=O) groups is 1. The van der Waals surface area contributed by atoms with Gasteiger partial charge in [0.05, 0.1) is 23.5 Å². The third-order valence-electron chi connectivity index (χ3n) is 4.65. The second kappa shape index (κ2) is 10.6. The van der Waals surface area contributed by atoms with E-state index in [2.05, 4.69) is 15.4 Å². The van der Waals surface area contributed by atoms with Crippen molar-refractivity contribution >= 4 is 38.7 Å². The zero-order chi connectivity index (χ0) is 24.7. The number of anilines is 3. The van der Waals surface area contributed by atoms with E-state index in [1.807, 2.05) is 0 Å². The van der Waals surface area contributed by atoms with Crippen LogP contribution in [0.15, 0.2) is 71.6 Å². The number of methoxy groups -OCH3 is 1. The Morgan fingerprint density at radius 1 is 1.03 bits per heavy atom. The highest BCUT2D eigenvalue weighted by Gasteiger charge is 2.18. The van der Waals surface area contributed by atoms with Gasteiger partial charge in [-0.3, -0.25) is 19.6 Å². The van der Waals surface area contributed by atoms with Crippen LogP contribution in [0.5, 0.6) is 5.75 Å². The molecule has 178 valence electrons. The monoisotopic (exact) mass is 486 g/mol. The molecule has 0 fully saturated rings. The number of hydrogen-bond acceptors (Lipinski definition) is 8. The number of rotatable bonds is 10. The minimum absolute atomic E-state index is 0.0173. The molecule has 0 atom stereocenters. The van der Waals surface area contributed by atoms with Crippen LogP contribution in [0.25, 0.3) is 0 Å². The number of nitro groups is 1. The number of aliphatic hydroxyl groups excluding tert-OH is 1. The predicted molar refractivity (Wildman–Crippen MR) is 127 cm³/mol. The lowest BCUT2D eigenvalue weighted by Gasteiger charge is -2.11. The molecule has 0 radical (unpaired) electrons. The lowest BCUT2D eigenvalue weighted by molar-refractivity contribution is -0.384. The smallest absolute Gasteiger partial charge is 0.293 e. The molecule has 0 saturated heterocycles. The number of aliphatic hydroxyl groups is 1. The molecular weight excluding hydrogens is 464 g/mol. The number of nitro benzene ring substituents is 1. The minimum Gasteiger partial charge on any atom is -0.497 e. The van der Waals surface area contributed by atoms with E-state index >= 15 is 0 Å². The summed E-state index contributed by atoms with van der Waals surface area (Å²) >= 11 is 0. The summed E-state index contributed by atoms with van der Waals surface area (Å²) in [6.07, 6.45) is 0. The van der Waals surface area contributed by atoms with Crippen molar-refractivity contribution in [3.8, 4) is 5.75 Å². The number of sulfonamides is 1. The van der Waals surface area contributed by atoms with Gasteiger partial charge in [0.2, 0.25) is 0 Å². The number of nitrogens with zero attached hydrogens (tertiary/aromatic N) is 1. The summed E-state index contributed by atoms with van der Waals surface area (Å²) in [6.45, 7) is -0.0876. The molecule has 3 rings (SSSR count).